The highest BCUT2D eigenvalue weighted by atomic mass is 35.5. The van der Waals surface area contributed by atoms with E-state index in [1.54, 1.807) is 18.6 Å². The summed E-state index contributed by atoms with van der Waals surface area (Å²) < 4.78 is 0. The van der Waals surface area contributed by atoms with E-state index >= 15 is 0 Å². The molecule has 0 bridgehead atoms. The molecule has 2 heterocycles. The smallest absolute Gasteiger partial charge is 0.0652 e. The zero-order valence-corrected chi connectivity index (χ0v) is 11.6. The summed E-state index contributed by atoms with van der Waals surface area (Å²) in [6.07, 6.45) is 5.80. The third kappa shape index (κ3) is 2.50. The van der Waals surface area contributed by atoms with Crippen LogP contribution in [0, 0.1) is 0 Å². The lowest BCUT2D eigenvalue weighted by molar-refractivity contribution is 0.703. The summed E-state index contributed by atoms with van der Waals surface area (Å²) in [5.41, 5.74) is 8.21. The minimum absolute atomic E-state index is 0.194. The van der Waals surface area contributed by atoms with Crippen molar-refractivity contribution in [3.63, 3.8) is 0 Å². The molecule has 4 heteroatoms. The lowest BCUT2D eigenvalue weighted by Gasteiger charge is -2.14. The Hall–Kier alpha value is -1.97. The van der Waals surface area contributed by atoms with Crippen molar-refractivity contribution in [1.82, 2.24) is 9.97 Å². The Labute approximate surface area is 122 Å². The van der Waals surface area contributed by atoms with Crippen molar-refractivity contribution >= 4 is 22.4 Å². The minimum Gasteiger partial charge on any atom is -0.322 e. The van der Waals surface area contributed by atoms with Crippen LogP contribution in [0.2, 0.25) is 5.02 Å². The van der Waals surface area contributed by atoms with Gasteiger partial charge in [-0.3, -0.25) is 9.97 Å². The predicted octanol–water partition coefficient (Wildman–Crippen LogP) is 3.53. The van der Waals surface area contributed by atoms with Crippen LogP contribution < -0.4 is 5.73 Å². The average Bonchev–Trinajstić information content (AvgIpc) is 2.49. The fourth-order valence-electron chi connectivity index (χ4n) is 2.34. The van der Waals surface area contributed by atoms with Gasteiger partial charge in [0.15, 0.2) is 0 Å². The summed E-state index contributed by atoms with van der Waals surface area (Å²) in [7, 11) is 0. The molecule has 100 valence electrons. The van der Waals surface area contributed by atoms with E-state index in [-0.39, 0.29) is 6.04 Å². The predicted molar refractivity (Wildman–Crippen MR) is 81.6 cm³/mol. The minimum atomic E-state index is -0.194. The lowest BCUT2D eigenvalue weighted by Crippen LogP contribution is -2.15. The molecular weight excluding hydrogens is 270 g/mol. The molecule has 0 aliphatic carbocycles. The summed E-state index contributed by atoms with van der Waals surface area (Å²) in [5.74, 6) is 0. The molecular formula is C16H14ClN3. The number of fused-ring (bicyclic) bond motifs is 1. The third-order valence-electron chi connectivity index (χ3n) is 3.35. The van der Waals surface area contributed by atoms with Crippen LogP contribution in [0.5, 0.6) is 0 Å². The maximum atomic E-state index is 6.32. The van der Waals surface area contributed by atoms with E-state index in [2.05, 4.69) is 16.0 Å². The van der Waals surface area contributed by atoms with E-state index < -0.39 is 0 Å². The molecule has 0 saturated carbocycles. The molecule has 3 rings (SSSR count). The summed E-state index contributed by atoms with van der Waals surface area (Å²) in [6, 6.07) is 11.8. The highest BCUT2D eigenvalue weighted by Crippen LogP contribution is 2.25. The summed E-state index contributed by atoms with van der Waals surface area (Å²) in [5, 5.41) is 2.88. The number of aromatic nitrogens is 2. The van der Waals surface area contributed by atoms with Crippen molar-refractivity contribution < 1.29 is 0 Å². The van der Waals surface area contributed by atoms with Gasteiger partial charge in [-0.25, -0.2) is 0 Å². The summed E-state index contributed by atoms with van der Waals surface area (Å²) in [6.45, 7) is 0. The van der Waals surface area contributed by atoms with E-state index in [1.807, 2.05) is 30.3 Å². The van der Waals surface area contributed by atoms with Crippen LogP contribution in [0.1, 0.15) is 17.3 Å². The van der Waals surface area contributed by atoms with Gasteiger partial charge < -0.3 is 5.73 Å². The molecule has 2 aromatic heterocycles. The second kappa shape index (κ2) is 5.57. The zero-order chi connectivity index (χ0) is 13.9. The molecule has 0 amide bonds. The van der Waals surface area contributed by atoms with Crippen molar-refractivity contribution in [1.29, 1.82) is 0 Å². The molecule has 1 unspecified atom stereocenters. The van der Waals surface area contributed by atoms with Gasteiger partial charge in [-0.1, -0.05) is 35.9 Å². The fraction of sp³-hybridized carbons (Fsp3) is 0.125. The first-order valence-electron chi connectivity index (χ1n) is 6.43. The Balaban J connectivity index is 1.97. The second-order valence-corrected chi connectivity index (χ2v) is 5.10. The molecule has 0 spiro atoms. The first-order valence-corrected chi connectivity index (χ1v) is 6.81. The van der Waals surface area contributed by atoms with Crippen molar-refractivity contribution in [2.24, 2.45) is 5.73 Å². The quantitative estimate of drug-likeness (QED) is 0.800. The maximum absolute atomic E-state index is 6.32. The van der Waals surface area contributed by atoms with Crippen molar-refractivity contribution in [3.05, 3.63) is 71.3 Å². The number of halogens is 1. The Morgan fingerprint density at radius 3 is 2.80 bits per heavy atom. The molecule has 1 aromatic carbocycles. The molecule has 0 aliphatic heterocycles. The van der Waals surface area contributed by atoms with Crippen LogP contribution >= 0.6 is 11.6 Å². The molecule has 3 aromatic rings. The highest BCUT2D eigenvalue weighted by molar-refractivity contribution is 6.31. The van der Waals surface area contributed by atoms with Crippen LogP contribution in [0.4, 0.5) is 0 Å². The van der Waals surface area contributed by atoms with Gasteiger partial charge in [-0.05, 0) is 29.5 Å². The van der Waals surface area contributed by atoms with E-state index in [0.717, 1.165) is 22.0 Å². The van der Waals surface area contributed by atoms with E-state index in [0.29, 0.717) is 11.4 Å². The molecule has 2 N–H and O–H groups in total. The SMILES string of the molecule is NC(Cc1ccncc1Cl)c1nccc2ccccc12. The third-order valence-corrected chi connectivity index (χ3v) is 3.69. The molecule has 0 radical (unpaired) electrons. The maximum Gasteiger partial charge on any atom is 0.0652 e. The van der Waals surface area contributed by atoms with Gasteiger partial charge >= 0.3 is 0 Å². The average molecular weight is 284 g/mol. The first-order chi connectivity index (χ1) is 9.75. The Bertz CT molecular complexity index is 737. The summed E-state index contributed by atoms with van der Waals surface area (Å²) in [4.78, 5) is 8.44. The monoisotopic (exact) mass is 283 g/mol. The summed E-state index contributed by atoms with van der Waals surface area (Å²) >= 11 is 6.14. The van der Waals surface area contributed by atoms with Crippen LogP contribution in [0.15, 0.2) is 55.0 Å². The van der Waals surface area contributed by atoms with Crippen molar-refractivity contribution in [3.8, 4) is 0 Å². The second-order valence-electron chi connectivity index (χ2n) is 4.70. The number of nitrogens with zero attached hydrogens (tertiary/aromatic N) is 2. The number of nitrogens with two attached hydrogens (primary N) is 1. The molecule has 0 saturated heterocycles. The first kappa shape index (κ1) is 13.0. The molecule has 0 fully saturated rings. The van der Waals surface area contributed by atoms with Gasteiger partial charge in [0.2, 0.25) is 0 Å². The molecule has 0 aliphatic rings. The van der Waals surface area contributed by atoms with Gasteiger partial charge in [0.1, 0.15) is 0 Å². The molecule has 20 heavy (non-hydrogen) atoms. The van der Waals surface area contributed by atoms with Gasteiger partial charge in [0.05, 0.1) is 16.8 Å². The van der Waals surface area contributed by atoms with Gasteiger partial charge in [-0.2, -0.15) is 0 Å². The molecule has 3 nitrogen and oxygen atoms in total. The van der Waals surface area contributed by atoms with Crippen LogP contribution in [-0.4, -0.2) is 9.97 Å². The molecule has 1 atom stereocenters. The number of benzene rings is 1. The highest BCUT2D eigenvalue weighted by Gasteiger charge is 2.13. The number of hydrogen-bond donors (Lipinski definition) is 1. The van der Waals surface area contributed by atoms with E-state index in [9.17, 15) is 0 Å². The normalized spacial score (nSPS) is 12.5. The Morgan fingerprint density at radius 1 is 1.10 bits per heavy atom. The number of rotatable bonds is 3. The zero-order valence-electron chi connectivity index (χ0n) is 10.8. The van der Waals surface area contributed by atoms with E-state index in [4.69, 9.17) is 17.3 Å². The van der Waals surface area contributed by atoms with Crippen LogP contribution in [0.3, 0.4) is 0 Å². The van der Waals surface area contributed by atoms with Crippen LogP contribution in [-0.2, 0) is 6.42 Å². The van der Waals surface area contributed by atoms with Crippen molar-refractivity contribution in [2.45, 2.75) is 12.5 Å². The Kier molecular flexibility index (Phi) is 3.63. The van der Waals surface area contributed by atoms with Crippen molar-refractivity contribution in [2.75, 3.05) is 0 Å². The lowest BCUT2D eigenvalue weighted by atomic mass is 10.00. The number of pyridine rings is 2. The number of hydrogen-bond acceptors (Lipinski definition) is 3. The van der Waals surface area contributed by atoms with E-state index in [1.165, 1.54) is 0 Å². The van der Waals surface area contributed by atoms with Crippen LogP contribution in [0.25, 0.3) is 10.8 Å². The van der Waals surface area contributed by atoms with Gasteiger partial charge in [0, 0.05) is 24.0 Å². The van der Waals surface area contributed by atoms with Gasteiger partial charge in [-0.15, -0.1) is 0 Å². The van der Waals surface area contributed by atoms with Gasteiger partial charge in [0.25, 0.3) is 0 Å². The fourth-order valence-corrected chi connectivity index (χ4v) is 2.54. The largest absolute Gasteiger partial charge is 0.322 e. The topological polar surface area (TPSA) is 51.8 Å². The standard InChI is InChI=1S/C16H14ClN3/c17-14-10-19-7-5-12(14)9-15(18)16-13-4-2-1-3-11(13)6-8-20-16/h1-8,10,15H,9,18H2. The Morgan fingerprint density at radius 2 is 1.95 bits per heavy atom.